The van der Waals surface area contributed by atoms with Crippen LogP contribution in [-0.4, -0.2) is 29.8 Å². The predicted molar refractivity (Wildman–Crippen MR) is 61.3 cm³/mol. The number of nitrogens with zero attached hydrogens (tertiary/aromatic N) is 1. The number of amides is 1. The molecule has 1 aliphatic rings. The van der Waals surface area contributed by atoms with E-state index in [9.17, 15) is 13.6 Å². The van der Waals surface area contributed by atoms with Crippen LogP contribution in [0.2, 0.25) is 0 Å². The van der Waals surface area contributed by atoms with Gasteiger partial charge in [-0.05, 0) is 19.1 Å². The number of carbonyl (C=O) groups is 1. The lowest BCUT2D eigenvalue weighted by Crippen LogP contribution is -2.42. The topological polar surface area (TPSA) is 20.3 Å². The number of hydrogen-bond donors (Lipinski definition) is 0. The summed E-state index contributed by atoms with van der Waals surface area (Å²) in [5.74, 6) is -2.76. The van der Waals surface area contributed by atoms with Gasteiger partial charge in [-0.2, -0.15) is 0 Å². The molecule has 0 N–H and O–H groups in total. The number of rotatable bonds is 1. The summed E-state index contributed by atoms with van der Waals surface area (Å²) in [5.41, 5.74) is 1.65. The fraction of sp³-hybridized carbons (Fsp3) is 0.462. The molecular formula is C13H15F2NO. The van der Waals surface area contributed by atoms with E-state index < -0.39 is 5.92 Å². The summed E-state index contributed by atoms with van der Waals surface area (Å²) in [6.07, 6.45) is -0.463. The minimum absolute atomic E-state index is 0.139. The van der Waals surface area contributed by atoms with Crippen molar-refractivity contribution in [2.45, 2.75) is 25.7 Å². The van der Waals surface area contributed by atoms with E-state index in [4.69, 9.17) is 0 Å². The number of likely N-dealkylation sites (tertiary alicyclic amines) is 1. The van der Waals surface area contributed by atoms with Crippen LogP contribution >= 0.6 is 0 Å². The molecule has 0 aliphatic carbocycles. The van der Waals surface area contributed by atoms with Crippen LogP contribution in [0.3, 0.4) is 0 Å². The van der Waals surface area contributed by atoms with Crippen molar-refractivity contribution in [2.24, 2.45) is 0 Å². The van der Waals surface area contributed by atoms with Gasteiger partial charge in [0.1, 0.15) is 0 Å². The first kappa shape index (κ1) is 12.0. The fourth-order valence-electron chi connectivity index (χ4n) is 1.92. The Hall–Kier alpha value is -1.45. The third-order valence-corrected chi connectivity index (χ3v) is 3.08. The molecule has 0 radical (unpaired) electrons. The molecule has 2 rings (SSSR count). The van der Waals surface area contributed by atoms with Crippen molar-refractivity contribution in [3.05, 3.63) is 35.4 Å². The first-order chi connectivity index (χ1) is 7.98. The number of benzene rings is 1. The van der Waals surface area contributed by atoms with Crippen LogP contribution in [0.25, 0.3) is 0 Å². The van der Waals surface area contributed by atoms with Gasteiger partial charge in [0.25, 0.3) is 11.8 Å². The molecule has 17 heavy (non-hydrogen) atoms. The second kappa shape index (κ2) is 4.43. The molecule has 0 atom stereocenters. The molecular weight excluding hydrogens is 224 g/mol. The van der Waals surface area contributed by atoms with Crippen LogP contribution in [0.4, 0.5) is 8.78 Å². The third kappa shape index (κ3) is 2.81. The molecule has 0 saturated carbocycles. The average Bonchev–Trinajstić information content (AvgIpc) is 2.29. The Morgan fingerprint density at radius 2 is 1.71 bits per heavy atom. The molecule has 0 spiro atoms. The Bertz CT molecular complexity index is 404. The van der Waals surface area contributed by atoms with E-state index in [-0.39, 0.29) is 31.8 Å². The summed E-state index contributed by atoms with van der Waals surface area (Å²) in [7, 11) is 0. The molecule has 0 unspecified atom stereocenters. The van der Waals surface area contributed by atoms with E-state index in [0.717, 1.165) is 5.56 Å². The van der Waals surface area contributed by atoms with Gasteiger partial charge in [-0.25, -0.2) is 8.78 Å². The Balaban J connectivity index is 2.04. The molecule has 1 saturated heterocycles. The van der Waals surface area contributed by atoms with E-state index >= 15 is 0 Å². The highest BCUT2D eigenvalue weighted by molar-refractivity contribution is 5.94. The first-order valence-corrected chi connectivity index (χ1v) is 5.72. The van der Waals surface area contributed by atoms with Gasteiger partial charge >= 0.3 is 0 Å². The van der Waals surface area contributed by atoms with Crippen molar-refractivity contribution in [2.75, 3.05) is 13.1 Å². The van der Waals surface area contributed by atoms with Gasteiger partial charge < -0.3 is 4.90 Å². The minimum atomic E-state index is -2.61. The Morgan fingerprint density at radius 1 is 1.18 bits per heavy atom. The molecule has 2 nitrogen and oxygen atoms in total. The van der Waals surface area contributed by atoms with Gasteiger partial charge in [0, 0.05) is 31.5 Å². The van der Waals surface area contributed by atoms with Crippen LogP contribution < -0.4 is 0 Å². The van der Waals surface area contributed by atoms with Gasteiger partial charge in [-0.1, -0.05) is 17.7 Å². The molecule has 92 valence electrons. The zero-order valence-corrected chi connectivity index (χ0v) is 9.75. The lowest BCUT2D eigenvalue weighted by molar-refractivity contribution is -0.0494. The van der Waals surface area contributed by atoms with Crippen molar-refractivity contribution in [1.29, 1.82) is 0 Å². The van der Waals surface area contributed by atoms with Crippen molar-refractivity contribution in [3.63, 3.8) is 0 Å². The van der Waals surface area contributed by atoms with E-state index in [1.807, 2.05) is 19.1 Å². The van der Waals surface area contributed by atoms with Gasteiger partial charge in [-0.3, -0.25) is 4.79 Å². The van der Waals surface area contributed by atoms with Gasteiger partial charge in [0.05, 0.1) is 0 Å². The number of carbonyl (C=O) groups excluding carboxylic acids is 1. The maximum atomic E-state index is 13.0. The second-order valence-corrected chi connectivity index (χ2v) is 4.51. The van der Waals surface area contributed by atoms with E-state index in [0.29, 0.717) is 5.56 Å². The largest absolute Gasteiger partial charge is 0.338 e. The lowest BCUT2D eigenvalue weighted by Gasteiger charge is -2.31. The molecule has 4 heteroatoms. The standard InChI is InChI=1S/C13H15F2NO/c1-10-2-4-11(5-3-10)12(17)16-8-6-13(14,15)7-9-16/h2-5H,6-9H2,1H3. The average molecular weight is 239 g/mol. The number of hydrogen-bond acceptors (Lipinski definition) is 1. The predicted octanol–water partition coefficient (Wildman–Crippen LogP) is 2.87. The van der Waals surface area contributed by atoms with Crippen LogP contribution in [0.1, 0.15) is 28.8 Å². The maximum Gasteiger partial charge on any atom is 0.253 e. The summed E-state index contributed by atoms with van der Waals surface area (Å²) in [4.78, 5) is 13.5. The van der Waals surface area contributed by atoms with Crippen molar-refractivity contribution < 1.29 is 13.6 Å². The Morgan fingerprint density at radius 3 is 2.24 bits per heavy atom. The minimum Gasteiger partial charge on any atom is -0.338 e. The quantitative estimate of drug-likeness (QED) is 0.738. The highest BCUT2D eigenvalue weighted by Crippen LogP contribution is 2.28. The van der Waals surface area contributed by atoms with Gasteiger partial charge in [0.2, 0.25) is 0 Å². The number of halogens is 2. The summed E-state index contributed by atoms with van der Waals surface area (Å²) >= 11 is 0. The van der Waals surface area contributed by atoms with E-state index in [1.165, 1.54) is 4.90 Å². The third-order valence-electron chi connectivity index (χ3n) is 3.08. The SMILES string of the molecule is Cc1ccc(C(=O)N2CCC(F)(F)CC2)cc1. The molecule has 1 aromatic carbocycles. The summed E-state index contributed by atoms with van der Waals surface area (Å²) in [6.45, 7) is 2.22. The Kier molecular flexibility index (Phi) is 3.13. The molecule has 0 aromatic heterocycles. The number of alkyl halides is 2. The molecule has 1 aliphatic heterocycles. The highest BCUT2D eigenvalue weighted by atomic mass is 19.3. The second-order valence-electron chi connectivity index (χ2n) is 4.51. The smallest absolute Gasteiger partial charge is 0.253 e. The van der Waals surface area contributed by atoms with Crippen molar-refractivity contribution in [1.82, 2.24) is 4.90 Å². The zero-order chi connectivity index (χ0) is 12.5. The van der Waals surface area contributed by atoms with Crippen LogP contribution in [0.5, 0.6) is 0 Å². The molecule has 1 aromatic rings. The van der Waals surface area contributed by atoms with E-state index in [1.54, 1.807) is 12.1 Å². The number of piperidine rings is 1. The normalized spacial score (nSPS) is 19.1. The highest BCUT2D eigenvalue weighted by Gasteiger charge is 2.35. The maximum absolute atomic E-state index is 13.0. The molecule has 1 amide bonds. The zero-order valence-electron chi connectivity index (χ0n) is 9.75. The lowest BCUT2D eigenvalue weighted by atomic mass is 10.1. The summed E-state index contributed by atoms with van der Waals surface area (Å²) < 4.78 is 25.9. The van der Waals surface area contributed by atoms with Crippen LogP contribution in [-0.2, 0) is 0 Å². The molecule has 1 heterocycles. The monoisotopic (exact) mass is 239 g/mol. The van der Waals surface area contributed by atoms with Crippen LogP contribution in [0, 0.1) is 6.92 Å². The fourth-order valence-corrected chi connectivity index (χ4v) is 1.92. The summed E-state index contributed by atoms with van der Waals surface area (Å²) in [6, 6.07) is 7.19. The van der Waals surface area contributed by atoms with Crippen molar-refractivity contribution in [3.8, 4) is 0 Å². The molecule has 1 fully saturated rings. The molecule has 0 bridgehead atoms. The first-order valence-electron chi connectivity index (χ1n) is 5.72. The van der Waals surface area contributed by atoms with Crippen molar-refractivity contribution >= 4 is 5.91 Å². The van der Waals surface area contributed by atoms with Gasteiger partial charge in [0.15, 0.2) is 0 Å². The number of aryl methyl sites for hydroxylation is 1. The Labute approximate surface area is 99.2 Å². The van der Waals surface area contributed by atoms with Gasteiger partial charge in [-0.15, -0.1) is 0 Å². The van der Waals surface area contributed by atoms with E-state index in [2.05, 4.69) is 0 Å². The van der Waals surface area contributed by atoms with Crippen LogP contribution in [0.15, 0.2) is 24.3 Å². The summed E-state index contributed by atoms with van der Waals surface area (Å²) in [5, 5.41) is 0.